The van der Waals surface area contributed by atoms with Crippen molar-refractivity contribution >= 4 is 28.6 Å². The van der Waals surface area contributed by atoms with E-state index in [4.69, 9.17) is 16.3 Å². The van der Waals surface area contributed by atoms with Crippen LogP contribution >= 0.6 is 11.6 Å². The fourth-order valence-electron chi connectivity index (χ4n) is 2.48. The van der Waals surface area contributed by atoms with E-state index in [9.17, 15) is 4.79 Å². The normalized spacial score (nSPS) is 10.9. The SMILES string of the molecule is CCOC(=O)c1ccc2c(c1)ncn2CCc1ccc(Cl)cc1. The Hall–Kier alpha value is -2.33. The molecule has 0 radical (unpaired) electrons. The average Bonchev–Trinajstić information content (AvgIpc) is 2.97. The van der Waals surface area contributed by atoms with Crippen LogP contribution in [0.25, 0.3) is 11.0 Å². The van der Waals surface area contributed by atoms with E-state index in [-0.39, 0.29) is 5.97 Å². The smallest absolute Gasteiger partial charge is 0.338 e. The molecule has 2 aromatic carbocycles. The van der Waals surface area contributed by atoms with Gasteiger partial charge < -0.3 is 9.30 Å². The number of imidazole rings is 1. The van der Waals surface area contributed by atoms with Crippen LogP contribution in [-0.2, 0) is 17.7 Å². The van der Waals surface area contributed by atoms with Crippen molar-refractivity contribution in [3.05, 3.63) is 64.9 Å². The van der Waals surface area contributed by atoms with Gasteiger partial charge in [0, 0.05) is 11.6 Å². The van der Waals surface area contributed by atoms with Crippen molar-refractivity contribution in [1.29, 1.82) is 0 Å². The van der Waals surface area contributed by atoms with Gasteiger partial charge in [0.05, 0.1) is 29.5 Å². The number of halogens is 1. The number of fused-ring (bicyclic) bond motifs is 1. The number of aryl methyl sites for hydroxylation is 2. The van der Waals surface area contributed by atoms with Gasteiger partial charge in [-0.3, -0.25) is 0 Å². The molecule has 23 heavy (non-hydrogen) atoms. The minimum atomic E-state index is -0.315. The molecule has 0 aliphatic carbocycles. The van der Waals surface area contributed by atoms with Crippen molar-refractivity contribution in [1.82, 2.24) is 9.55 Å². The Bertz CT molecular complexity index is 825. The fraction of sp³-hybridized carbons (Fsp3) is 0.222. The molecule has 0 aliphatic rings. The molecule has 3 aromatic rings. The summed E-state index contributed by atoms with van der Waals surface area (Å²) in [4.78, 5) is 16.1. The second-order valence-electron chi connectivity index (χ2n) is 5.24. The van der Waals surface area contributed by atoms with Crippen molar-refractivity contribution < 1.29 is 9.53 Å². The highest BCUT2D eigenvalue weighted by Gasteiger charge is 2.10. The fourth-order valence-corrected chi connectivity index (χ4v) is 2.61. The van der Waals surface area contributed by atoms with E-state index >= 15 is 0 Å². The lowest BCUT2D eigenvalue weighted by atomic mass is 10.1. The van der Waals surface area contributed by atoms with Gasteiger partial charge in [-0.1, -0.05) is 23.7 Å². The first-order valence-corrected chi connectivity index (χ1v) is 7.91. The number of rotatable bonds is 5. The second kappa shape index (κ2) is 6.84. The Morgan fingerprint density at radius 1 is 1.22 bits per heavy atom. The first kappa shape index (κ1) is 15.6. The van der Waals surface area contributed by atoms with Crippen LogP contribution in [0.1, 0.15) is 22.8 Å². The first-order chi connectivity index (χ1) is 11.2. The van der Waals surface area contributed by atoms with Gasteiger partial charge in [0.25, 0.3) is 0 Å². The van der Waals surface area contributed by atoms with Gasteiger partial charge >= 0.3 is 5.97 Å². The minimum Gasteiger partial charge on any atom is -0.462 e. The van der Waals surface area contributed by atoms with Crippen LogP contribution in [0, 0.1) is 0 Å². The highest BCUT2D eigenvalue weighted by atomic mass is 35.5. The maximum Gasteiger partial charge on any atom is 0.338 e. The Labute approximate surface area is 139 Å². The van der Waals surface area contributed by atoms with Gasteiger partial charge in [-0.25, -0.2) is 9.78 Å². The van der Waals surface area contributed by atoms with Crippen molar-refractivity contribution in [2.45, 2.75) is 19.9 Å². The summed E-state index contributed by atoms with van der Waals surface area (Å²) >= 11 is 5.90. The average molecular weight is 329 g/mol. The zero-order chi connectivity index (χ0) is 16.2. The van der Waals surface area contributed by atoms with Crippen LogP contribution < -0.4 is 0 Å². The number of hydrogen-bond acceptors (Lipinski definition) is 3. The molecule has 1 heterocycles. The number of carbonyl (C=O) groups excluding carboxylic acids is 1. The number of carbonyl (C=O) groups is 1. The third kappa shape index (κ3) is 3.54. The van der Waals surface area contributed by atoms with Crippen LogP contribution in [0.15, 0.2) is 48.8 Å². The quantitative estimate of drug-likeness (QED) is 0.662. The molecule has 0 N–H and O–H groups in total. The molecule has 0 amide bonds. The predicted molar refractivity (Wildman–Crippen MR) is 90.8 cm³/mol. The molecule has 0 fully saturated rings. The molecule has 0 spiro atoms. The largest absolute Gasteiger partial charge is 0.462 e. The maximum atomic E-state index is 11.8. The number of hydrogen-bond donors (Lipinski definition) is 0. The Morgan fingerprint density at radius 3 is 2.74 bits per heavy atom. The zero-order valence-corrected chi connectivity index (χ0v) is 13.6. The predicted octanol–water partition coefficient (Wildman–Crippen LogP) is 4.11. The Kier molecular flexibility index (Phi) is 4.63. The molecule has 0 atom stereocenters. The molecule has 0 aliphatic heterocycles. The molecular weight excluding hydrogens is 312 g/mol. The second-order valence-corrected chi connectivity index (χ2v) is 5.67. The summed E-state index contributed by atoms with van der Waals surface area (Å²) in [5.74, 6) is -0.315. The van der Waals surface area contributed by atoms with E-state index < -0.39 is 0 Å². The molecule has 5 heteroatoms. The summed E-state index contributed by atoms with van der Waals surface area (Å²) in [6.07, 6.45) is 2.69. The van der Waals surface area contributed by atoms with Crippen molar-refractivity contribution in [3.8, 4) is 0 Å². The molecule has 1 aromatic heterocycles. The van der Waals surface area contributed by atoms with Gasteiger partial charge in [0.15, 0.2) is 0 Å². The van der Waals surface area contributed by atoms with E-state index in [1.54, 1.807) is 25.4 Å². The van der Waals surface area contributed by atoms with Gasteiger partial charge in [0.1, 0.15) is 0 Å². The number of aromatic nitrogens is 2. The van der Waals surface area contributed by atoms with Gasteiger partial charge in [-0.15, -0.1) is 0 Å². The Balaban J connectivity index is 1.77. The molecular formula is C18H17ClN2O2. The lowest BCUT2D eigenvalue weighted by Crippen LogP contribution is -2.04. The maximum absolute atomic E-state index is 11.8. The standard InChI is InChI=1S/C18H17ClN2O2/c1-2-23-18(22)14-5-8-17-16(11-14)20-12-21(17)10-9-13-3-6-15(19)7-4-13/h3-8,11-12H,2,9-10H2,1H3. The molecule has 0 saturated carbocycles. The third-order valence-electron chi connectivity index (χ3n) is 3.69. The van der Waals surface area contributed by atoms with Crippen LogP contribution in [0.2, 0.25) is 5.02 Å². The van der Waals surface area contributed by atoms with Gasteiger partial charge in [-0.2, -0.15) is 0 Å². The molecule has 4 nitrogen and oxygen atoms in total. The van der Waals surface area contributed by atoms with Crippen LogP contribution in [0.3, 0.4) is 0 Å². The van der Waals surface area contributed by atoms with E-state index in [1.165, 1.54) is 5.56 Å². The van der Waals surface area contributed by atoms with Crippen LogP contribution in [0.4, 0.5) is 0 Å². The van der Waals surface area contributed by atoms with E-state index in [2.05, 4.69) is 9.55 Å². The summed E-state index contributed by atoms with van der Waals surface area (Å²) < 4.78 is 7.10. The summed E-state index contributed by atoms with van der Waals surface area (Å²) in [6, 6.07) is 13.3. The monoisotopic (exact) mass is 328 g/mol. The zero-order valence-electron chi connectivity index (χ0n) is 12.8. The lowest BCUT2D eigenvalue weighted by molar-refractivity contribution is 0.0526. The molecule has 3 rings (SSSR count). The topological polar surface area (TPSA) is 44.1 Å². The van der Waals surface area contributed by atoms with Gasteiger partial charge in [-0.05, 0) is 49.2 Å². The van der Waals surface area contributed by atoms with Crippen molar-refractivity contribution in [2.24, 2.45) is 0 Å². The van der Waals surface area contributed by atoms with Crippen LogP contribution in [-0.4, -0.2) is 22.1 Å². The van der Waals surface area contributed by atoms with Crippen LogP contribution in [0.5, 0.6) is 0 Å². The summed E-state index contributed by atoms with van der Waals surface area (Å²) in [5, 5.41) is 0.744. The lowest BCUT2D eigenvalue weighted by Gasteiger charge is -2.06. The molecule has 0 saturated heterocycles. The number of esters is 1. The van der Waals surface area contributed by atoms with Crippen molar-refractivity contribution in [2.75, 3.05) is 6.61 Å². The highest BCUT2D eigenvalue weighted by molar-refractivity contribution is 6.30. The molecule has 0 bridgehead atoms. The number of benzene rings is 2. The summed E-state index contributed by atoms with van der Waals surface area (Å²) in [6.45, 7) is 2.98. The first-order valence-electron chi connectivity index (χ1n) is 7.54. The summed E-state index contributed by atoms with van der Waals surface area (Å²) in [7, 11) is 0. The van der Waals surface area contributed by atoms with E-state index in [0.29, 0.717) is 12.2 Å². The number of nitrogens with zero attached hydrogens (tertiary/aromatic N) is 2. The highest BCUT2D eigenvalue weighted by Crippen LogP contribution is 2.17. The van der Waals surface area contributed by atoms with E-state index in [1.807, 2.05) is 30.3 Å². The van der Waals surface area contributed by atoms with Gasteiger partial charge in [0.2, 0.25) is 0 Å². The Morgan fingerprint density at radius 2 is 2.00 bits per heavy atom. The molecule has 118 valence electrons. The van der Waals surface area contributed by atoms with E-state index in [0.717, 1.165) is 29.0 Å². The molecule has 0 unspecified atom stereocenters. The van der Waals surface area contributed by atoms with Crippen molar-refractivity contribution in [3.63, 3.8) is 0 Å². The minimum absolute atomic E-state index is 0.315. The third-order valence-corrected chi connectivity index (χ3v) is 3.94. The summed E-state index contributed by atoms with van der Waals surface area (Å²) in [5.41, 5.74) is 3.56. The number of ether oxygens (including phenoxy) is 1.